The molecule has 0 aromatic heterocycles. The number of halogens is 1. The lowest BCUT2D eigenvalue weighted by Gasteiger charge is -2.18. The van der Waals surface area contributed by atoms with Gasteiger partial charge < -0.3 is 10.0 Å². The summed E-state index contributed by atoms with van der Waals surface area (Å²) in [6.07, 6.45) is -0.539. The Hall–Kier alpha value is -1.30. The fourth-order valence-electron chi connectivity index (χ4n) is 2.11. The van der Waals surface area contributed by atoms with Gasteiger partial charge in [0, 0.05) is 23.8 Å². The van der Waals surface area contributed by atoms with Crippen LogP contribution in [0.2, 0.25) is 0 Å². The predicted molar refractivity (Wildman–Crippen MR) is 99.3 cm³/mol. The van der Waals surface area contributed by atoms with Gasteiger partial charge in [0.25, 0.3) is 0 Å². The van der Waals surface area contributed by atoms with E-state index in [4.69, 9.17) is 0 Å². The van der Waals surface area contributed by atoms with Gasteiger partial charge in [-0.05, 0) is 17.2 Å². The second kappa shape index (κ2) is 9.11. The van der Waals surface area contributed by atoms with Crippen LogP contribution >= 0.6 is 27.7 Å². The SMILES string of the molecule is CN(Cc1ccccc1Br)C(=O)CSCC(O)c1ccccc1. The fraction of sp³-hybridized carbons (Fsp3) is 0.278. The first-order valence-electron chi connectivity index (χ1n) is 7.36. The number of benzene rings is 2. The summed E-state index contributed by atoms with van der Waals surface area (Å²) < 4.78 is 1.01. The standard InChI is InChI=1S/C18H20BrNO2S/c1-20(11-15-9-5-6-10-16(15)19)18(22)13-23-12-17(21)14-7-3-2-4-8-14/h2-10,17,21H,11-13H2,1H3. The molecule has 0 spiro atoms. The minimum absolute atomic E-state index is 0.0611. The Balaban J connectivity index is 1.77. The normalized spacial score (nSPS) is 12.0. The van der Waals surface area contributed by atoms with Crippen molar-refractivity contribution in [2.75, 3.05) is 18.6 Å². The minimum Gasteiger partial charge on any atom is -0.388 e. The lowest BCUT2D eigenvalue weighted by molar-refractivity contribution is -0.127. The summed E-state index contributed by atoms with van der Waals surface area (Å²) in [5.41, 5.74) is 1.96. The van der Waals surface area contributed by atoms with Gasteiger partial charge in [0.2, 0.25) is 5.91 Å². The molecule has 0 saturated heterocycles. The summed E-state index contributed by atoms with van der Waals surface area (Å²) in [7, 11) is 1.80. The molecule has 0 fully saturated rings. The van der Waals surface area contributed by atoms with Gasteiger partial charge in [-0.1, -0.05) is 64.5 Å². The molecule has 3 nitrogen and oxygen atoms in total. The van der Waals surface area contributed by atoms with Crippen LogP contribution < -0.4 is 0 Å². The maximum atomic E-state index is 12.2. The summed E-state index contributed by atoms with van der Waals surface area (Å²) in [6, 6.07) is 17.4. The van der Waals surface area contributed by atoms with Crippen molar-refractivity contribution < 1.29 is 9.90 Å². The van der Waals surface area contributed by atoms with Gasteiger partial charge in [-0.15, -0.1) is 11.8 Å². The summed E-state index contributed by atoms with van der Waals surface area (Å²) in [4.78, 5) is 13.9. The monoisotopic (exact) mass is 393 g/mol. The van der Waals surface area contributed by atoms with E-state index in [0.717, 1.165) is 15.6 Å². The maximum Gasteiger partial charge on any atom is 0.232 e. The number of nitrogens with zero attached hydrogens (tertiary/aromatic N) is 1. The molecular weight excluding hydrogens is 374 g/mol. The van der Waals surface area contributed by atoms with Gasteiger partial charge in [0.1, 0.15) is 0 Å². The molecule has 0 bridgehead atoms. The van der Waals surface area contributed by atoms with Crippen LogP contribution in [0.4, 0.5) is 0 Å². The van der Waals surface area contributed by atoms with Crippen molar-refractivity contribution in [3.8, 4) is 0 Å². The number of thioether (sulfide) groups is 1. The molecule has 122 valence electrons. The van der Waals surface area contributed by atoms with E-state index in [-0.39, 0.29) is 5.91 Å². The lowest BCUT2D eigenvalue weighted by atomic mass is 10.1. The second-order valence-corrected chi connectivity index (χ2v) is 7.17. The molecule has 1 atom stereocenters. The predicted octanol–water partition coefficient (Wildman–Crippen LogP) is 3.87. The molecule has 1 N–H and O–H groups in total. The van der Waals surface area contributed by atoms with E-state index < -0.39 is 6.10 Å². The molecule has 0 radical (unpaired) electrons. The largest absolute Gasteiger partial charge is 0.388 e. The molecule has 1 amide bonds. The topological polar surface area (TPSA) is 40.5 Å². The van der Waals surface area contributed by atoms with Crippen LogP contribution in [0, 0.1) is 0 Å². The molecule has 5 heteroatoms. The minimum atomic E-state index is -0.539. The Morgan fingerprint density at radius 3 is 2.52 bits per heavy atom. The van der Waals surface area contributed by atoms with Crippen LogP contribution in [0.25, 0.3) is 0 Å². The summed E-state index contributed by atoms with van der Waals surface area (Å²) in [6.45, 7) is 0.571. The third kappa shape index (κ3) is 5.68. The highest BCUT2D eigenvalue weighted by atomic mass is 79.9. The molecule has 2 aromatic rings. The summed E-state index contributed by atoms with van der Waals surface area (Å²) >= 11 is 4.95. The molecule has 2 aromatic carbocycles. The first-order chi connectivity index (χ1) is 11.1. The van der Waals surface area contributed by atoms with Crippen molar-refractivity contribution in [3.63, 3.8) is 0 Å². The third-order valence-corrected chi connectivity index (χ3v) is 5.25. The van der Waals surface area contributed by atoms with Crippen molar-refractivity contribution >= 4 is 33.6 Å². The molecule has 23 heavy (non-hydrogen) atoms. The highest BCUT2D eigenvalue weighted by molar-refractivity contribution is 9.10. The molecule has 0 aliphatic heterocycles. The van der Waals surface area contributed by atoms with Crippen molar-refractivity contribution in [1.29, 1.82) is 0 Å². The highest BCUT2D eigenvalue weighted by Gasteiger charge is 2.13. The number of hydrogen-bond acceptors (Lipinski definition) is 3. The molecular formula is C18H20BrNO2S. The fourth-order valence-corrected chi connectivity index (χ4v) is 3.45. The number of carbonyl (C=O) groups excluding carboxylic acids is 1. The van der Waals surface area contributed by atoms with Crippen molar-refractivity contribution in [2.45, 2.75) is 12.6 Å². The molecule has 0 heterocycles. The number of hydrogen-bond donors (Lipinski definition) is 1. The van der Waals surface area contributed by atoms with E-state index in [1.807, 2.05) is 54.6 Å². The smallest absolute Gasteiger partial charge is 0.232 e. The average molecular weight is 394 g/mol. The number of carbonyl (C=O) groups is 1. The van der Waals surface area contributed by atoms with Crippen molar-refractivity contribution in [1.82, 2.24) is 4.90 Å². The Kier molecular flexibility index (Phi) is 7.15. The third-order valence-electron chi connectivity index (χ3n) is 3.48. The molecule has 1 unspecified atom stereocenters. The van der Waals surface area contributed by atoms with Gasteiger partial charge in [0.15, 0.2) is 0 Å². The van der Waals surface area contributed by atoms with Gasteiger partial charge in [-0.3, -0.25) is 4.79 Å². The lowest BCUT2D eigenvalue weighted by Crippen LogP contribution is -2.28. The van der Waals surface area contributed by atoms with Crippen LogP contribution in [0.1, 0.15) is 17.2 Å². The highest BCUT2D eigenvalue weighted by Crippen LogP contribution is 2.20. The number of amides is 1. The second-order valence-electron chi connectivity index (χ2n) is 5.28. The van der Waals surface area contributed by atoms with Crippen LogP contribution in [0.3, 0.4) is 0 Å². The zero-order valence-corrected chi connectivity index (χ0v) is 15.4. The number of aliphatic hydroxyl groups excluding tert-OH is 1. The van der Waals surface area contributed by atoms with E-state index in [1.165, 1.54) is 11.8 Å². The van der Waals surface area contributed by atoms with Crippen molar-refractivity contribution in [3.05, 3.63) is 70.2 Å². The number of aliphatic hydroxyl groups is 1. The van der Waals surface area contributed by atoms with Crippen LogP contribution in [-0.4, -0.2) is 34.5 Å². The molecule has 0 aliphatic rings. The number of rotatable bonds is 7. The van der Waals surface area contributed by atoms with E-state index >= 15 is 0 Å². The first-order valence-corrected chi connectivity index (χ1v) is 9.31. The molecule has 0 aliphatic carbocycles. The van der Waals surface area contributed by atoms with Crippen LogP contribution in [0.15, 0.2) is 59.1 Å². The Bertz CT molecular complexity index is 636. The Morgan fingerprint density at radius 1 is 1.17 bits per heavy atom. The van der Waals surface area contributed by atoms with Crippen LogP contribution in [-0.2, 0) is 11.3 Å². The molecule has 0 saturated carbocycles. The van der Waals surface area contributed by atoms with E-state index in [1.54, 1.807) is 11.9 Å². The first kappa shape index (κ1) is 18.0. The van der Waals surface area contributed by atoms with E-state index in [0.29, 0.717) is 18.1 Å². The van der Waals surface area contributed by atoms with Gasteiger partial charge in [0.05, 0.1) is 11.9 Å². The van der Waals surface area contributed by atoms with Gasteiger partial charge >= 0.3 is 0 Å². The zero-order chi connectivity index (χ0) is 16.7. The zero-order valence-electron chi connectivity index (χ0n) is 13.0. The molecule has 2 rings (SSSR count). The van der Waals surface area contributed by atoms with Crippen molar-refractivity contribution in [2.24, 2.45) is 0 Å². The quantitative estimate of drug-likeness (QED) is 0.775. The van der Waals surface area contributed by atoms with E-state index in [2.05, 4.69) is 15.9 Å². The van der Waals surface area contributed by atoms with Crippen LogP contribution in [0.5, 0.6) is 0 Å². The average Bonchev–Trinajstić information content (AvgIpc) is 2.57. The van der Waals surface area contributed by atoms with Gasteiger partial charge in [-0.25, -0.2) is 0 Å². The Labute approximate surface area is 149 Å². The maximum absolute atomic E-state index is 12.2. The summed E-state index contributed by atoms with van der Waals surface area (Å²) in [5, 5.41) is 10.1. The van der Waals surface area contributed by atoms with Gasteiger partial charge in [-0.2, -0.15) is 0 Å². The Morgan fingerprint density at radius 2 is 1.83 bits per heavy atom. The van der Waals surface area contributed by atoms with E-state index in [9.17, 15) is 9.90 Å². The summed E-state index contributed by atoms with van der Waals surface area (Å²) in [5.74, 6) is 0.940.